The lowest BCUT2D eigenvalue weighted by Gasteiger charge is -2.28. The van der Waals surface area contributed by atoms with Crippen LogP contribution >= 0.6 is 0 Å². The molecule has 0 nitrogen and oxygen atoms in total. The summed E-state index contributed by atoms with van der Waals surface area (Å²) in [6.07, 6.45) is 18.8. The Bertz CT molecular complexity index is 212. The summed E-state index contributed by atoms with van der Waals surface area (Å²) < 4.78 is 0. The van der Waals surface area contributed by atoms with Crippen LogP contribution < -0.4 is 0 Å². The Morgan fingerprint density at radius 2 is 1.19 bits per heavy atom. The van der Waals surface area contributed by atoms with Crippen molar-refractivity contribution in [1.29, 1.82) is 0 Å². The molecule has 0 amide bonds. The molecule has 0 heteroatoms. The van der Waals surface area contributed by atoms with E-state index in [1.807, 2.05) is 0 Å². The van der Waals surface area contributed by atoms with Gasteiger partial charge in [0.1, 0.15) is 0 Å². The van der Waals surface area contributed by atoms with Gasteiger partial charge in [0.05, 0.1) is 0 Å². The van der Waals surface area contributed by atoms with Gasteiger partial charge in [0.2, 0.25) is 0 Å². The molecular weight excluding hydrogens is 192 g/mol. The Hall–Kier alpha value is 0. The first kappa shape index (κ1) is 11.1. The summed E-state index contributed by atoms with van der Waals surface area (Å²) in [5, 5.41) is 0. The fraction of sp³-hybridized carbons (Fsp3) is 1.00. The Kier molecular flexibility index (Phi) is 3.54. The maximum absolute atomic E-state index is 1.60. The Labute approximate surface area is 101 Å². The van der Waals surface area contributed by atoms with Crippen LogP contribution in [0.5, 0.6) is 0 Å². The van der Waals surface area contributed by atoms with Crippen molar-refractivity contribution in [2.45, 2.75) is 77.0 Å². The molecule has 2 atom stereocenters. The largest absolute Gasteiger partial charge is 0.0528 e. The van der Waals surface area contributed by atoms with E-state index in [4.69, 9.17) is 0 Å². The van der Waals surface area contributed by atoms with Gasteiger partial charge in [-0.25, -0.2) is 0 Å². The van der Waals surface area contributed by atoms with Gasteiger partial charge in [-0.05, 0) is 36.5 Å². The Morgan fingerprint density at radius 1 is 0.562 bits per heavy atom. The van der Waals surface area contributed by atoms with Crippen LogP contribution in [-0.2, 0) is 0 Å². The first-order chi connectivity index (χ1) is 7.90. The maximum atomic E-state index is 1.60. The molecule has 3 aliphatic rings. The zero-order chi connectivity index (χ0) is 10.8. The quantitative estimate of drug-likeness (QED) is 0.599. The molecule has 0 bridgehead atoms. The van der Waals surface area contributed by atoms with Crippen LogP contribution in [0.2, 0.25) is 0 Å². The molecule has 0 aliphatic heterocycles. The fourth-order valence-corrected chi connectivity index (χ4v) is 4.11. The van der Waals surface area contributed by atoms with Gasteiger partial charge in [-0.3, -0.25) is 0 Å². The summed E-state index contributed by atoms with van der Waals surface area (Å²) in [5.74, 6) is 4.56. The van der Waals surface area contributed by atoms with E-state index in [1.165, 1.54) is 12.8 Å². The minimum atomic E-state index is 1.13. The van der Waals surface area contributed by atoms with E-state index in [9.17, 15) is 0 Å². The van der Waals surface area contributed by atoms with Crippen LogP contribution in [0, 0.1) is 23.7 Å². The lowest BCUT2D eigenvalue weighted by Crippen LogP contribution is -2.15. The van der Waals surface area contributed by atoms with E-state index >= 15 is 0 Å². The monoisotopic (exact) mass is 220 g/mol. The van der Waals surface area contributed by atoms with Gasteiger partial charge in [0.15, 0.2) is 0 Å². The van der Waals surface area contributed by atoms with Crippen LogP contribution in [0.1, 0.15) is 77.0 Å². The maximum Gasteiger partial charge on any atom is -0.0409 e. The smallest absolute Gasteiger partial charge is 0.0409 e. The number of hydrogen-bond acceptors (Lipinski definition) is 0. The Morgan fingerprint density at radius 3 is 1.81 bits per heavy atom. The average molecular weight is 220 g/mol. The molecule has 0 radical (unpaired) electrons. The molecule has 0 heterocycles. The SMILES string of the molecule is C1CC(CCC2CCC(CC3CCC3)C2)C1. The minimum Gasteiger partial charge on any atom is -0.0528 e. The van der Waals surface area contributed by atoms with Crippen molar-refractivity contribution < 1.29 is 0 Å². The average Bonchev–Trinajstić information content (AvgIpc) is 2.57. The third-order valence-corrected chi connectivity index (χ3v) is 5.75. The molecule has 92 valence electrons. The molecule has 0 saturated heterocycles. The molecule has 16 heavy (non-hydrogen) atoms. The first-order valence-corrected chi connectivity index (χ1v) is 7.90. The minimum absolute atomic E-state index is 1.13. The van der Waals surface area contributed by atoms with Gasteiger partial charge in [-0.2, -0.15) is 0 Å². The Balaban J connectivity index is 1.32. The highest BCUT2D eigenvalue weighted by atomic mass is 14.3. The summed E-state index contributed by atoms with van der Waals surface area (Å²) in [4.78, 5) is 0. The number of rotatable bonds is 5. The molecule has 0 N–H and O–H groups in total. The van der Waals surface area contributed by atoms with Gasteiger partial charge in [0, 0.05) is 0 Å². The van der Waals surface area contributed by atoms with Crippen LogP contribution in [0.3, 0.4) is 0 Å². The summed E-state index contributed by atoms with van der Waals surface area (Å²) in [5.41, 5.74) is 0. The summed E-state index contributed by atoms with van der Waals surface area (Å²) in [6.45, 7) is 0. The molecule has 3 aliphatic carbocycles. The summed E-state index contributed by atoms with van der Waals surface area (Å²) in [6, 6.07) is 0. The van der Waals surface area contributed by atoms with Gasteiger partial charge in [0.25, 0.3) is 0 Å². The predicted octanol–water partition coefficient (Wildman–Crippen LogP) is 5.17. The summed E-state index contributed by atoms with van der Waals surface area (Å²) in [7, 11) is 0. The van der Waals surface area contributed by atoms with Crippen LogP contribution in [0.15, 0.2) is 0 Å². The molecule has 2 unspecified atom stereocenters. The second kappa shape index (κ2) is 5.10. The van der Waals surface area contributed by atoms with E-state index < -0.39 is 0 Å². The molecule has 3 rings (SSSR count). The van der Waals surface area contributed by atoms with Gasteiger partial charge >= 0.3 is 0 Å². The van der Waals surface area contributed by atoms with Crippen molar-refractivity contribution in [3.63, 3.8) is 0 Å². The molecule has 0 aromatic carbocycles. The molecule has 0 spiro atoms. The fourth-order valence-electron chi connectivity index (χ4n) is 4.11. The zero-order valence-electron chi connectivity index (χ0n) is 10.8. The zero-order valence-corrected chi connectivity index (χ0v) is 10.8. The van der Waals surface area contributed by atoms with Crippen molar-refractivity contribution in [3.8, 4) is 0 Å². The lowest BCUT2D eigenvalue weighted by atomic mass is 9.78. The lowest BCUT2D eigenvalue weighted by molar-refractivity contribution is 0.241. The van der Waals surface area contributed by atoms with Crippen molar-refractivity contribution in [1.82, 2.24) is 0 Å². The van der Waals surface area contributed by atoms with E-state index in [0.717, 1.165) is 23.7 Å². The van der Waals surface area contributed by atoms with Gasteiger partial charge in [-0.15, -0.1) is 0 Å². The van der Waals surface area contributed by atoms with E-state index in [1.54, 1.807) is 64.2 Å². The van der Waals surface area contributed by atoms with Crippen LogP contribution in [-0.4, -0.2) is 0 Å². The van der Waals surface area contributed by atoms with Crippen molar-refractivity contribution in [2.24, 2.45) is 23.7 Å². The van der Waals surface area contributed by atoms with Crippen molar-refractivity contribution >= 4 is 0 Å². The van der Waals surface area contributed by atoms with Gasteiger partial charge in [-0.1, -0.05) is 64.2 Å². The summed E-state index contributed by atoms with van der Waals surface area (Å²) >= 11 is 0. The highest BCUT2D eigenvalue weighted by Crippen LogP contribution is 2.43. The number of hydrogen-bond donors (Lipinski definition) is 0. The molecular formula is C16H28. The van der Waals surface area contributed by atoms with Crippen molar-refractivity contribution in [2.75, 3.05) is 0 Å². The molecule has 0 aromatic heterocycles. The van der Waals surface area contributed by atoms with E-state index in [-0.39, 0.29) is 0 Å². The first-order valence-electron chi connectivity index (χ1n) is 7.90. The second-order valence-corrected chi connectivity index (χ2v) is 6.95. The molecule has 3 fully saturated rings. The highest BCUT2D eigenvalue weighted by Gasteiger charge is 2.29. The third-order valence-electron chi connectivity index (χ3n) is 5.75. The third kappa shape index (κ3) is 2.63. The van der Waals surface area contributed by atoms with E-state index in [2.05, 4.69) is 0 Å². The topological polar surface area (TPSA) is 0 Å². The predicted molar refractivity (Wildman–Crippen MR) is 69.4 cm³/mol. The van der Waals surface area contributed by atoms with Crippen LogP contribution in [0.4, 0.5) is 0 Å². The standard InChI is InChI=1S/C16H28/c1-3-13(4-1)7-8-15-9-10-16(12-15)11-14-5-2-6-14/h13-16H,1-12H2. The highest BCUT2D eigenvalue weighted by molar-refractivity contribution is 4.81. The normalized spacial score (nSPS) is 36.0. The van der Waals surface area contributed by atoms with Gasteiger partial charge < -0.3 is 0 Å². The molecule has 0 aromatic rings. The van der Waals surface area contributed by atoms with E-state index in [0.29, 0.717) is 0 Å². The second-order valence-electron chi connectivity index (χ2n) is 6.95. The van der Waals surface area contributed by atoms with Crippen LogP contribution in [0.25, 0.3) is 0 Å². The van der Waals surface area contributed by atoms with Crippen molar-refractivity contribution in [3.05, 3.63) is 0 Å². The molecule has 3 saturated carbocycles.